The van der Waals surface area contributed by atoms with Crippen molar-refractivity contribution >= 4 is 17.5 Å². The number of amides is 1. The summed E-state index contributed by atoms with van der Waals surface area (Å²) in [6.07, 6.45) is 4.69. The first kappa shape index (κ1) is 14.4. The van der Waals surface area contributed by atoms with E-state index >= 15 is 0 Å². The standard InChI is InChI=1S/C16H22ClNO/c1-12-6-5-7-13(2)15(12)16(19)18(11-10-17)14-8-3-4-9-14/h5-7,14H,3-4,8-11H2,1-2H3. The lowest BCUT2D eigenvalue weighted by molar-refractivity contribution is 0.0693. The minimum Gasteiger partial charge on any atom is -0.334 e. The molecule has 0 N–H and O–H groups in total. The van der Waals surface area contributed by atoms with Gasteiger partial charge in [0, 0.05) is 24.0 Å². The average Bonchev–Trinajstić information content (AvgIpc) is 2.89. The normalized spacial score (nSPS) is 15.7. The number of alkyl halides is 1. The van der Waals surface area contributed by atoms with Crippen LogP contribution in [0.2, 0.25) is 0 Å². The third-order valence-corrected chi connectivity index (χ3v) is 4.22. The molecule has 0 unspecified atom stereocenters. The third kappa shape index (κ3) is 3.11. The number of halogens is 1. The minimum absolute atomic E-state index is 0.156. The Kier molecular flexibility index (Phi) is 4.87. The molecule has 1 aromatic carbocycles. The van der Waals surface area contributed by atoms with E-state index in [1.165, 1.54) is 12.8 Å². The first-order valence-corrected chi connectivity index (χ1v) is 7.61. The molecule has 1 amide bonds. The molecule has 0 bridgehead atoms. The zero-order chi connectivity index (χ0) is 13.8. The van der Waals surface area contributed by atoms with Gasteiger partial charge in [0.25, 0.3) is 5.91 Å². The van der Waals surface area contributed by atoms with E-state index in [1.54, 1.807) is 0 Å². The van der Waals surface area contributed by atoms with Crippen molar-refractivity contribution in [3.05, 3.63) is 34.9 Å². The van der Waals surface area contributed by atoms with Crippen molar-refractivity contribution < 1.29 is 4.79 Å². The molecule has 0 spiro atoms. The highest BCUT2D eigenvalue weighted by Crippen LogP contribution is 2.26. The van der Waals surface area contributed by atoms with Gasteiger partial charge in [0.15, 0.2) is 0 Å². The second-order valence-electron chi connectivity index (χ2n) is 5.39. The van der Waals surface area contributed by atoms with Gasteiger partial charge in [-0.2, -0.15) is 0 Å². The number of rotatable bonds is 4. The summed E-state index contributed by atoms with van der Waals surface area (Å²) in [5.74, 6) is 0.663. The van der Waals surface area contributed by atoms with Gasteiger partial charge >= 0.3 is 0 Å². The molecule has 0 heterocycles. The summed E-state index contributed by atoms with van der Waals surface area (Å²) in [4.78, 5) is 14.8. The number of aryl methyl sites for hydroxylation is 2. The summed E-state index contributed by atoms with van der Waals surface area (Å²) in [6.45, 7) is 4.67. The molecule has 3 heteroatoms. The van der Waals surface area contributed by atoms with Crippen molar-refractivity contribution in [3.63, 3.8) is 0 Å². The van der Waals surface area contributed by atoms with Gasteiger partial charge in [-0.15, -0.1) is 11.6 Å². The van der Waals surface area contributed by atoms with Crippen LogP contribution in [0.15, 0.2) is 18.2 Å². The van der Waals surface area contributed by atoms with Crippen LogP contribution in [0.5, 0.6) is 0 Å². The van der Waals surface area contributed by atoms with E-state index in [2.05, 4.69) is 0 Å². The van der Waals surface area contributed by atoms with E-state index < -0.39 is 0 Å². The van der Waals surface area contributed by atoms with Gasteiger partial charge in [-0.3, -0.25) is 4.79 Å². The summed E-state index contributed by atoms with van der Waals surface area (Å²) >= 11 is 5.89. The summed E-state index contributed by atoms with van der Waals surface area (Å²) in [5.41, 5.74) is 2.98. The molecule has 104 valence electrons. The van der Waals surface area contributed by atoms with E-state index in [0.29, 0.717) is 18.5 Å². The molecule has 2 nitrogen and oxygen atoms in total. The van der Waals surface area contributed by atoms with Gasteiger partial charge in [0.05, 0.1) is 0 Å². The number of nitrogens with zero attached hydrogens (tertiary/aromatic N) is 1. The highest BCUT2D eigenvalue weighted by molar-refractivity contribution is 6.18. The van der Waals surface area contributed by atoms with Crippen molar-refractivity contribution in [3.8, 4) is 0 Å². The van der Waals surface area contributed by atoms with Gasteiger partial charge in [-0.1, -0.05) is 31.0 Å². The maximum absolute atomic E-state index is 12.8. The van der Waals surface area contributed by atoms with Crippen LogP contribution >= 0.6 is 11.6 Å². The van der Waals surface area contributed by atoms with Gasteiger partial charge in [0.1, 0.15) is 0 Å². The lowest BCUT2D eigenvalue weighted by Crippen LogP contribution is -2.40. The molecule has 1 aromatic rings. The number of carbonyl (C=O) groups is 1. The topological polar surface area (TPSA) is 20.3 Å². The van der Waals surface area contributed by atoms with Gasteiger partial charge < -0.3 is 4.90 Å². The molecule has 0 aromatic heterocycles. The Hall–Kier alpha value is -1.02. The quantitative estimate of drug-likeness (QED) is 0.765. The fraction of sp³-hybridized carbons (Fsp3) is 0.562. The second-order valence-corrected chi connectivity index (χ2v) is 5.77. The lowest BCUT2D eigenvalue weighted by atomic mass is 10.0. The van der Waals surface area contributed by atoms with Gasteiger partial charge in [-0.05, 0) is 37.8 Å². The minimum atomic E-state index is 0.156. The van der Waals surface area contributed by atoms with E-state index in [0.717, 1.165) is 29.5 Å². The lowest BCUT2D eigenvalue weighted by Gasteiger charge is -2.29. The predicted molar refractivity (Wildman–Crippen MR) is 79.9 cm³/mol. The molecule has 1 fully saturated rings. The SMILES string of the molecule is Cc1cccc(C)c1C(=O)N(CCCl)C1CCCC1. The largest absolute Gasteiger partial charge is 0.334 e. The molecule has 1 aliphatic rings. The van der Waals surface area contributed by atoms with Crippen LogP contribution in [0.1, 0.15) is 47.2 Å². The van der Waals surface area contributed by atoms with E-state index in [4.69, 9.17) is 11.6 Å². The molecular weight excluding hydrogens is 258 g/mol. The molecule has 19 heavy (non-hydrogen) atoms. The Morgan fingerprint density at radius 2 is 1.84 bits per heavy atom. The van der Waals surface area contributed by atoms with Crippen molar-refractivity contribution in [2.45, 2.75) is 45.6 Å². The number of hydrogen-bond donors (Lipinski definition) is 0. The van der Waals surface area contributed by atoms with Crippen LogP contribution in [0.25, 0.3) is 0 Å². The Bertz CT molecular complexity index is 432. The Labute approximate surface area is 120 Å². The fourth-order valence-electron chi connectivity index (χ4n) is 3.05. The summed E-state index contributed by atoms with van der Waals surface area (Å²) < 4.78 is 0. The second kappa shape index (κ2) is 6.42. The predicted octanol–water partition coefficient (Wildman–Crippen LogP) is 3.93. The summed E-state index contributed by atoms with van der Waals surface area (Å²) in [6, 6.07) is 6.40. The maximum Gasteiger partial charge on any atom is 0.254 e. The van der Waals surface area contributed by atoms with E-state index in [9.17, 15) is 4.79 Å². The first-order chi connectivity index (χ1) is 9.15. The van der Waals surface area contributed by atoms with E-state index in [1.807, 2.05) is 36.9 Å². The molecule has 2 rings (SSSR count). The summed E-state index contributed by atoms with van der Waals surface area (Å²) in [5, 5.41) is 0. The van der Waals surface area contributed by atoms with Crippen LogP contribution < -0.4 is 0 Å². The van der Waals surface area contributed by atoms with Crippen molar-refractivity contribution in [1.82, 2.24) is 4.90 Å². The number of benzene rings is 1. The molecular formula is C16H22ClNO. The third-order valence-electron chi connectivity index (χ3n) is 4.05. The molecule has 0 aliphatic heterocycles. The number of hydrogen-bond acceptors (Lipinski definition) is 1. The Morgan fingerprint density at radius 1 is 1.26 bits per heavy atom. The maximum atomic E-state index is 12.8. The van der Waals surface area contributed by atoms with Crippen molar-refractivity contribution in [2.24, 2.45) is 0 Å². The van der Waals surface area contributed by atoms with Crippen LogP contribution in [0.4, 0.5) is 0 Å². The van der Waals surface area contributed by atoms with Crippen LogP contribution in [0.3, 0.4) is 0 Å². The highest BCUT2D eigenvalue weighted by Gasteiger charge is 2.28. The van der Waals surface area contributed by atoms with Gasteiger partial charge in [0.2, 0.25) is 0 Å². The Morgan fingerprint density at radius 3 is 2.37 bits per heavy atom. The highest BCUT2D eigenvalue weighted by atomic mass is 35.5. The smallest absolute Gasteiger partial charge is 0.254 e. The van der Waals surface area contributed by atoms with E-state index in [-0.39, 0.29) is 5.91 Å². The van der Waals surface area contributed by atoms with Crippen LogP contribution in [-0.2, 0) is 0 Å². The monoisotopic (exact) mass is 279 g/mol. The van der Waals surface area contributed by atoms with Gasteiger partial charge in [-0.25, -0.2) is 0 Å². The molecule has 1 saturated carbocycles. The molecule has 0 radical (unpaired) electrons. The van der Waals surface area contributed by atoms with Crippen LogP contribution in [0, 0.1) is 13.8 Å². The zero-order valence-electron chi connectivity index (χ0n) is 11.8. The van der Waals surface area contributed by atoms with Crippen LogP contribution in [-0.4, -0.2) is 29.3 Å². The molecule has 0 saturated heterocycles. The summed E-state index contributed by atoms with van der Waals surface area (Å²) in [7, 11) is 0. The average molecular weight is 280 g/mol. The number of carbonyl (C=O) groups excluding carboxylic acids is 1. The van der Waals surface area contributed by atoms with Crippen molar-refractivity contribution in [1.29, 1.82) is 0 Å². The molecule has 0 atom stereocenters. The Balaban J connectivity index is 2.28. The fourth-order valence-corrected chi connectivity index (χ4v) is 3.23. The first-order valence-electron chi connectivity index (χ1n) is 7.08. The molecule has 1 aliphatic carbocycles. The zero-order valence-corrected chi connectivity index (χ0v) is 12.5. The van der Waals surface area contributed by atoms with Crippen molar-refractivity contribution in [2.75, 3.05) is 12.4 Å².